The number of nitrogens with zero attached hydrogens (tertiary/aromatic N) is 4. The van der Waals surface area contributed by atoms with Crippen LogP contribution >= 0.6 is 0 Å². The number of carbonyl (C=O) groups excluding carboxylic acids is 1. The van der Waals surface area contributed by atoms with Crippen LogP contribution in [-0.2, 0) is 36.5 Å². The molecule has 37 heavy (non-hydrogen) atoms. The van der Waals surface area contributed by atoms with Crippen molar-refractivity contribution in [3.8, 4) is 5.75 Å². The molecular weight excluding hydrogens is 485 g/mol. The van der Waals surface area contributed by atoms with Crippen molar-refractivity contribution in [2.24, 2.45) is 12.0 Å². The summed E-state index contributed by atoms with van der Waals surface area (Å²) in [5, 5.41) is 0. The second-order valence-electron chi connectivity index (χ2n) is 10.1. The Bertz CT molecular complexity index is 1320. The van der Waals surface area contributed by atoms with Gasteiger partial charge in [-0.1, -0.05) is 26.8 Å². The Labute approximate surface area is 213 Å². The molecule has 0 radical (unpaired) electrons. The van der Waals surface area contributed by atoms with Gasteiger partial charge in [-0.2, -0.15) is 18.2 Å². The lowest BCUT2D eigenvalue weighted by Gasteiger charge is -2.21. The maximum atomic E-state index is 13.5. The van der Waals surface area contributed by atoms with Gasteiger partial charge in [-0.3, -0.25) is 19.1 Å². The van der Waals surface area contributed by atoms with Crippen molar-refractivity contribution in [1.82, 2.24) is 14.3 Å². The van der Waals surface area contributed by atoms with Gasteiger partial charge in [-0.05, 0) is 43.2 Å². The molecule has 1 aliphatic heterocycles. The van der Waals surface area contributed by atoms with Crippen molar-refractivity contribution < 1.29 is 27.4 Å². The van der Waals surface area contributed by atoms with Crippen LogP contribution in [0.2, 0.25) is 0 Å². The standard InChI is InChI=1S/C27H31F3N4O3/c1-26(2,3)23-15-24(34(33(23)4)16-20-9-7-13-36-20)32-25(35)21-14-18(27(28,29)30)10-11-22(21)37-17-19-8-5-6-12-31-19/h5-6,8,10-12,14-15,20H,7,9,13,16-17H2,1-4H3/b32-24+/t20-/m1/s1. The van der Waals surface area contributed by atoms with Crippen molar-refractivity contribution >= 4 is 5.91 Å². The Balaban J connectivity index is 1.76. The van der Waals surface area contributed by atoms with E-state index in [-0.39, 0.29) is 29.4 Å². The summed E-state index contributed by atoms with van der Waals surface area (Å²) in [5.74, 6) is -0.820. The fourth-order valence-electron chi connectivity index (χ4n) is 4.36. The summed E-state index contributed by atoms with van der Waals surface area (Å²) in [6.07, 6.45) is -1.23. The van der Waals surface area contributed by atoms with Crippen LogP contribution < -0.4 is 10.2 Å². The van der Waals surface area contributed by atoms with Gasteiger partial charge in [0, 0.05) is 37.0 Å². The average molecular weight is 517 g/mol. The summed E-state index contributed by atoms with van der Waals surface area (Å²) < 4.78 is 55.8. The first-order valence-electron chi connectivity index (χ1n) is 12.2. The van der Waals surface area contributed by atoms with Crippen LogP contribution in [0.1, 0.15) is 60.9 Å². The Morgan fingerprint density at radius 1 is 1.19 bits per heavy atom. The summed E-state index contributed by atoms with van der Waals surface area (Å²) in [6.45, 7) is 7.27. The molecule has 0 unspecified atom stereocenters. The predicted octanol–water partition coefficient (Wildman–Crippen LogP) is 5.04. The van der Waals surface area contributed by atoms with Gasteiger partial charge in [0.25, 0.3) is 5.91 Å². The Hall–Kier alpha value is -3.40. The van der Waals surface area contributed by atoms with Crippen molar-refractivity contribution in [3.05, 3.63) is 76.7 Å². The first-order chi connectivity index (χ1) is 17.4. The Morgan fingerprint density at radius 3 is 2.59 bits per heavy atom. The zero-order chi connectivity index (χ0) is 26.8. The molecule has 3 aromatic rings. The number of pyridine rings is 1. The summed E-state index contributed by atoms with van der Waals surface area (Å²) >= 11 is 0. The molecule has 0 bridgehead atoms. The molecule has 4 rings (SSSR count). The summed E-state index contributed by atoms with van der Waals surface area (Å²) in [7, 11) is 1.88. The molecule has 10 heteroatoms. The van der Waals surface area contributed by atoms with E-state index in [1.165, 1.54) is 0 Å². The molecule has 1 amide bonds. The van der Waals surface area contributed by atoms with Crippen LogP contribution in [-0.4, -0.2) is 33.0 Å². The summed E-state index contributed by atoms with van der Waals surface area (Å²) in [4.78, 5) is 21.8. The number of hydrogen-bond acceptors (Lipinski definition) is 4. The highest BCUT2D eigenvalue weighted by molar-refractivity contribution is 5.97. The molecule has 0 N–H and O–H groups in total. The number of ether oxygens (including phenoxy) is 2. The predicted molar refractivity (Wildman–Crippen MR) is 131 cm³/mol. The fourth-order valence-corrected chi connectivity index (χ4v) is 4.36. The number of halogens is 3. The molecule has 3 heterocycles. The van der Waals surface area contributed by atoms with Gasteiger partial charge in [0.2, 0.25) is 0 Å². The van der Waals surface area contributed by atoms with E-state index in [2.05, 4.69) is 9.98 Å². The zero-order valence-electron chi connectivity index (χ0n) is 21.4. The van der Waals surface area contributed by atoms with E-state index >= 15 is 0 Å². The third-order valence-corrected chi connectivity index (χ3v) is 6.27. The number of hydrogen-bond donors (Lipinski definition) is 0. The molecule has 2 aromatic heterocycles. The highest BCUT2D eigenvalue weighted by Crippen LogP contribution is 2.33. The SMILES string of the molecule is Cn1c(C(C)(C)C)c/c(=N\C(=O)c2cc(C(F)(F)F)ccc2OCc2ccccn2)n1C[C@H]1CCCO1. The molecule has 1 atom stereocenters. The van der Waals surface area contributed by atoms with Gasteiger partial charge in [0.05, 0.1) is 29.5 Å². The van der Waals surface area contributed by atoms with E-state index in [1.807, 2.05) is 37.2 Å². The van der Waals surface area contributed by atoms with E-state index in [0.29, 0.717) is 24.3 Å². The molecule has 1 fully saturated rings. The lowest BCUT2D eigenvalue weighted by Crippen LogP contribution is -2.30. The van der Waals surface area contributed by atoms with Gasteiger partial charge in [0.15, 0.2) is 5.49 Å². The first-order valence-corrected chi connectivity index (χ1v) is 12.2. The summed E-state index contributed by atoms with van der Waals surface area (Å²) in [5.41, 5.74) is 0.373. The monoisotopic (exact) mass is 516 g/mol. The number of alkyl halides is 3. The van der Waals surface area contributed by atoms with Crippen LogP contribution in [0.25, 0.3) is 0 Å². The molecule has 1 saturated heterocycles. The highest BCUT2D eigenvalue weighted by Gasteiger charge is 2.32. The highest BCUT2D eigenvalue weighted by atomic mass is 19.4. The number of benzene rings is 1. The molecule has 198 valence electrons. The van der Waals surface area contributed by atoms with Gasteiger partial charge >= 0.3 is 6.18 Å². The van der Waals surface area contributed by atoms with Gasteiger partial charge in [-0.15, -0.1) is 0 Å². The lowest BCUT2D eigenvalue weighted by atomic mass is 9.92. The number of rotatable bonds is 6. The van der Waals surface area contributed by atoms with Crippen molar-refractivity contribution in [2.75, 3.05) is 6.61 Å². The quantitative estimate of drug-likeness (QED) is 0.461. The molecule has 0 spiro atoms. The van der Waals surface area contributed by atoms with Crippen molar-refractivity contribution in [1.29, 1.82) is 0 Å². The van der Waals surface area contributed by atoms with Crippen LogP contribution in [0.5, 0.6) is 5.75 Å². The second kappa shape index (κ2) is 10.5. The maximum absolute atomic E-state index is 13.5. The first kappa shape index (κ1) is 26.7. The van der Waals surface area contributed by atoms with E-state index in [9.17, 15) is 18.0 Å². The van der Waals surface area contributed by atoms with Crippen molar-refractivity contribution in [2.45, 2.75) is 64.5 Å². The molecule has 0 saturated carbocycles. The van der Waals surface area contributed by atoms with E-state index in [0.717, 1.165) is 36.7 Å². The maximum Gasteiger partial charge on any atom is 0.416 e. The van der Waals surface area contributed by atoms with Gasteiger partial charge in [0.1, 0.15) is 12.4 Å². The molecular formula is C27H31F3N4O3. The van der Waals surface area contributed by atoms with Crippen molar-refractivity contribution in [3.63, 3.8) is 0 Å². The van der Waals surface area contributed by atoms with Crippen LogP contribution in [0, 0.1) is 0 Å². The normalized spacial score (nSPS) is 16.8. The molecule has 7 nitrogen and oxygen atoms in total. The molecule has 1 aromatic carbocycles. The van der Waals surface area contributed by atoms with E-state index in [1.54, 1.807) is 30.5 Å². The van der Waals surface area contributed by atoms with E-state index < -0.39 is 17.6 Å². The van der Waals surface area contributed by atoms with Crippen LogP contribution in [0.4, 0.5) is 13.2 Å². The minimum atomic E-state index is -4.62. The minimum absolute atomic E-state index is 0.00468. The average Bonchev–Trinajstić information content (AvgIpc) is 3.46. The largest absolute Gasteiger partial charge is 0.486 e. The van der Waals surface area contributed by atoms with Gasteiger partial charge < -0.3 is 9.47 Å². The van der Waals surface area contributed by atoms with E-state index in [4.69, 9.17) is 9.47 Å². The molecule has 0 aliphatic carbocycles. The smallest absolute Gasteiger partial charge is 0.416 e. The van der Waals surface area contributed by atoms with Crippen LogP contribution in [0.3, 0.4) is 0 Å². The topological polar surface area (TPSA) is 70.6 Å². The Morgan fingerprint density at radius 2 is 1.97 bits per heavy atom. The zero-order valence-corrected chi connectivity index (χ0v) is 21.4. The minimum Gasteiger partial charge on any atom is -0.486 e. The lowest BCUT2D eigenvalue weighted by molar-refractivity contribution is -0.137. The van der Waals surface area contributed by atoms with Gasteiger partial charge in [-0.25, -0.2) is 0 Å². The summed E-state index contributed by atoms with van der Waals surface area (Å²) in [6, 6.07) is 9.87. The fraction of sp³-hybridized carbons (Fsp3) is 0.444. The second-order valence-corrected chi connectivity index (χ2v) is 10.1. The number of amides is 1. The third-order valence-electron chi connectivity index (χ3n) is 6.27. The van der Waals surface area contributed by atoms with Crippen LogP contribution in [0.15, 0.2) is 53.7 Å². The third kappa shape index (κ3) is 6.30. The molecule has 1 aliphatic rings. The Kier molecular flexibility index (Phi) is 7.59. The number of carbonyl (C=O) groups is 1. The number of aromatic nitrogens is 3.